The van der Waals surface area contributed by atoms with Crippen LogP contribution < -0.4 is 4.74 Å². The summed E-state index contributed by atoms with van der Waals surface area (Å²) in [4.78, 5) is 14.6. The van der Waals surface area contributed by atoms with Gasteiger partial charge in [-0.15, -0.1) is 0 Å². The number of hydrogen-bond acceptors (Lipinski definition) is 5. The molecule has 0 aliphatic heterocycles. The summed E-state index contributed by atoms with van der Waals surface area (Å²) >= 11 is 0. The van der Waals surface area contributed by atoms with Gasteiger partial charge in [-0.05, 0) is 13.8 Å². The Morgan fingerprint density at radius 3 is 2.80 bits per heavy atom. The van der Waals surface area contributed by atoms with Gasteiger partial charge in [0.1, 0.15) is 6.10 Å². The van der Waals surface area contributed by atoms with Crippen molar-refractivity contribution in [2.24, 2.45) is 0 Å². The maximum absolute atomic E-state index is 10.8. The Bertz CT molecular complexity index is 346. The van der Waals surface area contributed by atoms with Crippen LogP contribution in [0.2, 0.25) is 0 Å². The van der Waals surface area contributed by atoms with Crippen molar-refractivity contribution in [3.8, 4) is 5.95 Å². The van der Waals surface area contributed by atoms with Crippen LogP contribution in [0.15, 0.2) is 4.42 Å². The molecule has 0 spiro atoms. The molecular formula is C9H13NO5. The SMILES string of the molecule is CCOc1oc(C(C)OC)nc1C(=O)O. The molecule has 0 bridgehead atoms. The zero-order chi connectivity index (χ0) is 11.4. The van der Waals surface area contributed by atoms with Gasteiger partial charge in [0.25, 0.3) is 0 Å². The molecule has 0 amide bonds. The summed E-state index contributed by atoms with van der Waals surface area (Å²) in [6.07, 6.45) is -0.405. The van der Waals surface area contributed by atoms with Crippen LogP contribution in [0.3, 0.4) is 0 Å². The predicted molar refractivity (Wildman–Crippen MR) is 50.1 cm³/mol. The van der Waals surface area contributed by atoms with Gasteiger partial charge in [0, 0.05) is 7.11 Å². The molecule has 15 heavy (non-hydrogen) atoms. The van der Waals surface area contributed by atoms with Crippen LogP contribution >= 0.6 is 0 Å². The van der Waals surface area contributed by atoms with Gasteiger partial charge in [0.05, 0.1) is 6.61 Å². The Morgan fingerprint density at radius 2 is 2.33 bits per heavy atom. The van der Waals surface area contributed by atoms with Gasteiger partial charge in [-0.3, -0.25) is 0 Å². The molecule has 1 heterocycles. The normalized spacial score (nSPS) is 12.5. The third-order valence-electron chi connectivity index (χ3n) is 1.79. The number of rotatable bonds is 5. The molecule has 0 fully saturated rings. The van der Waals surface area contributed by atoms with E-state index >= 15 is 0 Å². The fraction of sp³-hybridized carbons (Fsp3) is 0.556. The fourth-order valence-electron chi connectivity index (χ4n) is 0.961. The lowest BCUT2D eigenvalue weighted by Crippen LogP contribution is -2.02. The molecule has 6 nitrogen and oxygen atoms in total. The maximum atomic E-state index is 10.8. The van der Waals surface area contributed by atoms with Crippen LogP contribution in [-0.2, 0) is 4.74 Å². The van der Waals surface area contributed by atoms with E-state index in [0.717, 1.165) is 0 Å². The Kier molecular flexibility index (Phi) is 3.68. The van der Waals surface area contributed by atoms with Crippen LogP contribution in [0.25, 0.3) is 0 Å². The highest BCUT2D eigenvalue weighted by atomic mass is 16.6. The number of aromatic carboxylic acids is 1. The summed E-state index contributed by atoms with van der Waals surface area (Å²) in [5.74, 6) is -1.07. The molecule has 1 N–H and O–H groups in total. The van der Waals surface area contributed by atoms with Crippen molar-refractivity contribution >= 4 is 5.97 Å². The average molecular weight is 215 g/mol. The van der Waals surface area contributed by atoms with Gasteiger partial charge in [0.15, 0.2) is 0 Å². The molecule has 1 atom stereocenters. The standard InChI is InChI=1S/C9H13NO5/c1-4-14-9-6(8(11)12)10-7(15-9)5(2)13-3/h5H,4H2,1-3H3,(H,11,12). The minimum Gasteiger partial charge on any atom is -0.476 e. The van der Waals surface area contributed by atoms with Crippen molar-refractivity contribution in [2.45, 2.75) is 20.0 Å². The Morgan fingerprint density at radius 1 is 1.67 bits per heavy atom. The molecule has 0 saturated carbocycles. The molecule has 6 heteroatoms. The Balaban J connectivity index is 3.03. The van der Waals surface area contributed by atoms with Crippen molar-refractivity contribution in [1.29, 1.82) is 0 Å². The summed E-state index contributed by atoms with van der Waals surface area (Å²) in [6.45, 7) is 3.75. The summed E-state index contributed by atoms with van der Waals surface area (Å²) < 4.78 is 15.1. The van der Waals surface area contributed by atoms with Crippen LogP contribution in [0.4, 0.5) is 0 Å². The summed E-state index contributed by atoms with van der Waals surface area (Å²) in [6, 6.07) is 0. The number of methoxy groups -OCH3 is 1. The molecule has 0 saturated heterocycles. The van der Waals surface area contributed by atoms with Crippen LogP contribution in [0.5, 0.6) is 5.95 Å². The smallest absolute Gasteiger partial charge is 0.362 e. The zero-order valence-corrected chi connectivity index (χ0v) is 8.81. The number of carboxylic acids is 1. The molecule has 1 aromatic rings. The molecule has 0 aliphatic carbocycles. The van der Waals surface area contributed by atoms with Gasteiger partial charge in [-0.25, -0.2) is 9.78 Å². The fourth-order valence-corrected chi connectivity index (χ4v) is 0.961. The van der Waals surface area contributed by atoms with Gasteiger partial charge < -0.3 is 19.0 Å². The monoisotopic (exact) mass is 215 g/mol. The second-order valence-corrected chi connectivity index (χ2v) is 2.80. The number of hydrogen-bond donors (Lipinski definition) is 1. The Hall–Kier alpha value is -1.56. The number of aromatic nitrogens is 1. The van der Waals surface area contributed by atoms with Crippen LogP contribution in [0.1, 0.15) is 36.3 Å². The van der Waals surface area contributed by atoms with E-state index in [1.165, 1.54) is 7.11 Å². The van der Waals surface area contributed by atoms with Crippen molar-refractivity contribution in [2.75, 3.05) is 13.7 Å². The van der Waals surface area contributed by atoms with Crippen LogP contribution in [-0.4, -0.2) is 29.8 Å². The largest absolute Gasteiger partial charge is 0.476 e. The number of ether oxygens (including phenoxy) is 2. The maximum Gasteiger partial charge on any atom is 0.362 e. The number of oxazole rings is 1. The molecule has 1 unspecified atom stereocenters. The minimum absolute atomic E-state index is 0.0797. The minimum atomic E-state index is -1.18. The predicted octanol–water partition coefficient (Wildman–Crippen LogP) is 1.48. The van der Waals surface area contributed by atoms with E-state index in [2.05, 4.69) is 4.98 Å². The van der Waals surface area contributed by atoms with Crippen molar-refractivity contribution < 1.29 is 23.8 Å². The van der Waals surface area contributed by atoms with Crippen molar-refractivity contribution in [3.05, 3.63) is 11.6 Å². The third kappa shape index (κ3) is 2.47. The van der Waals surface area contributed by atoms with E-state index in [4.69, 9.17) is 19.0 Å². The molecule has 1 aromatic heterocycles. The molecule has 84 valence electrons. The first-order valence-electron chi connectivity index (χ1n) is 4.49. The number of carbonyl (C=O) groups is 1. The molecule has 0 aromatic carbocycles. The Labute approximate surface area is 86.8 Å². The second kappa shape index (κ2) is 4.79. The van der Waals surface area contributed by atoms with E-state index in [1.807, 2.05) is 0 Å². The van der Waals surface area contributed by atoms with E-state index in [-0.39, 0.29) is 17.5 Å². The van der Waals surface area contributed by atoms with E-state index in [9.17, 15) is 4.79 Å². The average Bonchev–Trinajstić information content (AvgIpc) is 2.61. The first-order valence-corrected chi connectivity index (χ1v) is 4.49. The van der Waals surface area contributed by atoms with Crippen molar-refractivity contribution in [3.63, 3.8) is 0 Å². The lowest BCUT2D eigenvalue weighted by molar-refractivity contribution is 0.0683. The molecule has 1 rings (SSSR count). The van der Waals surface area contributed by atoms with Gasteiger partial charge in [0.2, 0.25) is 11.6 Å². The third-order valence-corrected chi connectivity index (χ3v) is 1.79. The van der Waals surface area contributed by atoms with Crippen LogP contribution in [0, 0.1) is 0 Å². The van der Waals surface area contributed by atoms with E-state index in [1.54, 1.807) is 13.8 Å². The van der Waals surface area contributed by atoms with Gasteiger partial charge in [-0.2, -0.15) is 0 Å². The van der Waals surface area contributed by atoms with Gasteiger partial charge >= 0.3 is 11.9 Å². The first kappa shape index (κ1) is 11.5. The zero-order valence-electron chi connectivity index (χ0n) is 8.81. The van der Waals surface area contributed by atoms with E-state index in [0.29, 0.717) is 6.61 Å². The quantitative estimate of drug-likeness (QED) is 0.801. The first-order chi connectivity index (χ1) is 7.10. The highest BCUT2D eigenvalue weighted by Gasteiger charge is 2.23. The molecule has 0 aliphatic rings. The van der Waals surface area contributed by atoms with E-state index < -0.39 is 12.1 Å². The van der Waals surface area contributed by atoms with Gasteiger partial charge in [-0.1, -0.05) is 0 Å². The van der Waals surface area contributed by atoms with Crippen molar-refractivity contribution in [1.82, 2.24) is 4.98 Å². The second-order valence-electron chi connectivity index (χ2n) is 2.80. The molecular weight excluding hydrogens is 202 g/mol. The topological polar surface area (TPSA) is 81.8 Å². The lowest BCUT2D eigenvalue weighted by Gasteiger charge is -2.02. The number of carboxylic acid groups (broad SMARTS) is 1. The highest BCUT2D eigenvalue weighted by molar-refractivity contribution is 5.87. The highest BCUT2D eigenvalue weighted by Crippen LogP contribution is 2.25. The number of nitrogens with zero attached hydrogens (tertiary/aromatic N) is 1. The lowest BCUT2D eigenvalue weighted by atomic mass is 10.4. The summed E-state index contributed by atoms with van der Waals surface area (Å²) in [5.41, 5.74) is -0.226. The molecule has 0 radical (unpaired) electrons. The summed E-state index contributed by atoms with van der Waals surface area (Å²) in [7, 11) is 1.48. The summed E-state index contributed by atoms with van der Waals surface area (Å²) in [5, 5.41) is 8.82.